The van der Waals surface area contributed by atoms with Crippen molar-refractivity contribution in [3.8, 4) is 11.1 Å². The van der Waals surface area contributed by atoms with Crippen LogP contribution in [-0.2, 0) is 10.0 Å². The average Bonchev–Trinajstić information content (AvgIpc) is 2.99. The van der Waals surface area contributed by atoms with Gasteiger partial charge in [-0.05, 0) is 109 Å². The number of hydrogen-bond acceptors (Lipinski definition) is 8. The number of sulfonamides is 1. The first-order valence-electron chi connectivity index (χ1n) is 14.8. The van der Waals surface area contributed by atoms with Gasteiger partial charge in [-0.2, -0.15) is 0 Å². The highest BCUT2D eigenvalue weighted by Crippen LogP contribution is 2.60. The quantitative estimate of drug-likeness (QED) is 0.178. The minimum absolute atomic E-state index is 0.0842. The molecule has 4 aliphatic rings. The molecule has 2 N–H and O–H groups in total. The maximum absolute atomic E-state index is 13.1. The number of nitrogens with one attached hydrogen (secondary N) is 2. The standard InChI is InChI=1S/C33H31N3O7S/c37-30-9-10-43-31-8-5-25(14-27(30)31)23-1-3-24(4-2-23)32(38)35-44(41,42)26-6-7-28(29(15-26)36(39)40)34-19-33-16-20-11-21(17-33)13-22(12-20)18-33/h1-10,14-15,20-22,34H,11-13,16-19H2,(H,35,38). The fraction of sp³-hybridized carbons (Fsp3) is 0.333. The normalized spacial score (nSPS) is 23.9. The van der Waals surface area contributed by atoms with E-state index in [1.807, 2.05) is 4.72 Å². The second-order valence-electron chi connectivity index (χ2n) is 12.7. The van der Waals surface area contributed by atoms with E-state index in [0.29, 0.717) is 23.1 Å². The van der Waals surface area contributed by atoms with E-state index in [0.717, 1.165) is 48.6 Å². The Morgan fingerprint density at radius 3 is 2.23 bits per heavy atom. The lowest BCUT2D eigenvalue weighted by Crippen LogP contribution is -2.49. The third-order valence-corrected chi connectivity index (χ3v) is 11.0. The van der Waals surface area contributed by atoms with Gasteiger partial charge >= 0.3 is 0 Å². The Bertz CT molecular complexity index is 1930. The Labute approximate surface area is 253 Å². The second-order valence-corrected chi connectivity index (χ2v) is 14.4. The number of nitrogens with zero attached hydrogens (tertiary/aromatic N) is 1. The van der Waals surface area contributed by atoms with E-state index in [-0.39, 0.29) is 32.7 Å². The molecule has 0 radical (unpaired) electrons. The van der Waals surface area contributed by atoms with Crippen LogP contribution in [0.3, 0.4) is 0 Å². The van der Waals surface area contributed by atoms with Crippen LogP contribution in [0.15, 0.2) is 87.1 Å². The van der Waals surface area contributed by atoms with Crippen LogP contribution in [0.5, 0.6) is 0 Å². The molecule has 1 heterocycles. The molecule has 3 aromatic carbocycles. The first-order chi connectivity index (χ1) is 21.1. The fourth-order valence-corrected chi connectivity index (χ4v) is 9.08. The number of fused-ring (bicyclic) bond motifs is 1. The van der Waals surface area contributed by atoms with Crippen LogP contribution in [0, 0.1) is 33.3 Å². The second kappa shape index (κ2) is 10.6. The van der Waals surface area contributed by atoms with Gasteiger partial charge in [-0.3, -0.25) is 19.7 Å². The predicted octanol–water partition coefficient (Wildman–Crippen LogP) is 6.12. The molecule has 44 heavy (non-hydrogen) atoms. The van der Waals surface area contributed by atoms with Crippen molar-refractivity contribution in [3.05, 3.63) is 98.9 Å². The van der Waals surface area contributed by atoms with Gasteiger partial charge in [0.25, 0.3) is 21.6 Å². The fourth-order valence-electron chi connectivity index (χ4n) is 8.09. The highest BCUT2D eigenvalue weighted by molar-refractivity contribution is 7.90. The van der Waals surface area contributed by atoms with Crippen molar-refractivity contribution >= 4 is 38.3 Å². The van der Waals surface area contributed by atoms with E-state index in [4.69, 9.17) is 4.42 Å². The Hall–Kier alpha value is -4.51. The maximum Gasteiger partial charge on any atom is 0.293 e. The lowest BCUT2D eigenvalue weighted by molar-refractivity contribution is -0.384. The van der Waals surface area contributed by atoms with Gasteiger partial charge in [-0.1, -0.05) is 18.2 Å². The van der Waals surface area contributed by atoms with Crippen molar-refractivity contribution in [1.82, 2.24) is 4.72 Å². The number of hydrogen-bond donors (Lipinski definition) is 2. The van der Waals surface area contributed by atoms with Crippen LogP contribution in [0.1, 0.15) is 48.9 Å². The molecule has 0 saturated heterocycles. The van der Waals surface area contributed by atoms with E-state index < -0.39 is 20.9 Å². The smallest absolute Gasteiger partial charge is 0.293 e. The van der Waals surface area contributed by atoms with Crippen molar-refractivity contribution in [1.29, 1.82) is 0 Å². The number of amides is 1. The first kappa shape index (κ1) is 28.3. The summed E-state index contributed by atoms with van der Waals surface area (Å²) in [6, 6.07) is 16.4. The first-order valence-corrected chi connectivity index (χ1v) is 16.3. The van der Waals surface area contributed by atoms with Gasteiger partial charge in [-0.15, -0.1) is 0 Å². The summed E-state index contributed by atoms with van der Waals surface area (Å²) >= 11 is 0. The molecule has 1 aromatic heterocycles. The number of benzene rings is 3. The molecule has 0 spiro atoms. The van der Waals surface area contributed by atoms with E-state index in [1.165, 1.54) is 55.9 Å². The molecule has 1 amide bonds. The van der Waals surface area contributed by atoms with E-state index in [1.54, 1.807) is 30.3 Å². The molecular formula is C33H31N3O7S. The Balaban J connectivity index is 1.06. The predicted molar refractivity (Wildman–Crippen MR) is 165 cm³/mol. The third kappa shape index (κ3) is 5.25. The molecule has 11 heteroatoms. The number of nitro groups is 1. The minimum atomic E-state index is -4.40. The number of rotatable bonds is 8. The van der Waals surface area contributed by atoms with Crippen LogP contribution < -0.4 is 15.5 Å². The molecule has 0 aliphatic heterocycles. The molecule has 8 rings (SSSR count). The van der Waals surface area contributed by atoms with Crippen LogP contribution in [0.2, 0.25) is 0 Å². The van der Waals surface area contributed by atoms with E-state index in [2.05, 4.69) is 5.32 Å². The summed E-state index contributed by atoms with van der Waals surface area (Å²) in [5, 5.41) is 15.7. The molecular weight excluding hydrogens is 582 g/mol. The van der Waals surface area contributed by atoms with E-state index >= 15 is 0 Å². The topological polar surface area (TPSA) is 149 Å². The lowest BCUT2D eigenvalue weighted by atomic mass is 9.49. The molecule has 226 valence electrons. The Morgan fingerprint density at radius 1 is 0.909 bits per heavy atom. The van der Waals surface area contributed by atoms with Crippen molar-refractivity contribution in [2.24, 2.45) is 23.2 Å². The summed E-state index contributed by atoms with van der Waals surface area (Å²) in [7, 11) is -4.40. The summed E-state index contributed by atoms with van der Waals surface area (Å²) in [4.78, 5) is 36.1. The largest absolute Gasteiger partial charge is 0.464 e. The van der Waals surface area contributed by atoms with Gasteiger partial charge in [0.2, 0.25) is 0 Å². The summed E-state index contributed by atoms with van der Waals surface area (Å²) in [6.07, 6.45) is 8.64. The van der Waals surface area contributed by atoms with Crippen molar-refractivity contribution in [3.63, 3.8) is 0 Å². The highest BCUT2D eigenvalue weighted by atomic mass is 32.2. The zero-order chi connectivity index (χ0) is 30.6. The Kier molecular flexibility index (Phi) is 6.80. The van der Waals surface area contributed by atoms with E-state index in [9.17, 15) is 28.1 Å². The Morgan fingerprint density at radius 2 is 1.57 bits per heavy atom. The SMILES string of the molecule is O=C(NS(=O)(=O)c1ccc(NCC23CC4CC(CC(C4)C2)C3)c([N+](=O)[O-])c1)c1ccc(-c2ccc3occc(=O)c3c2)cc1. The summed E-state index contributed by atoms with van der Waals surface area (Å²) in [6.45, 7) is 0.628. The lowest BCUT2D eigenvalue weighted by Gasteiger charge is -2.57. The number of anilines is 1. The van der Waals surface area contributed by atoms with Crippen LogP contribution in [0.25, 0.3) is 22.1 Å². The zero-order valence-corrected chi connectivity index (χ0v) is 24.6. The average molecular weight is 614 g/mol. The monoisotopic (exact) mass is 613 g/mol. The van der Waals surface area contributed by atoms with Gasteiger partial charge in [0.05, 0.1) is 21.5 Å². The molecule has 0 unspecified atom stereocenters. The summed E-state index contributed by atoms with van der Waals surface area (Å²) in [5.41, 5.74) is 1.86. The molecule has 4 fully saturated rings. The van der Waals surface area contributed by atoms with Gasteiger partial charge < -0.3 is 9.73 Å². The van der Waals surface area contributed by atoms with Crippen LogP contribution in [-0.4, -0.2) is 25.8 Å². The number of nitro benzene ring substituents is 1. The third-order valence-electron chi connectivity index (χ3n) is 9.66. The zero-order valence-electron chi connectivity index (χ0n) is 23.8. The van der Waals surface area contributed by atoms with Crippen molar-refractivity contribution in [2.45, 2.75) is 43.4 Å². The number of carbonyl (C=O) groups is 1. The molecule has 0 atom stereocenters. The highest BCUT2D eigenvalue weighted by Gasteiger charge is 2.50. The van der Waals surface area contributed by atoms with Crippen LogP contribution >= 0.6 is 0 Å². The molecule has 4 bridgehead atoms. The van der Waals surface area contributed by atoms with Crippen molar-refractivity contribution < 1.29 is 22.6 Å². The number of carbonyl (C=O) groups excluding carboxylic acids is 1. The molecule has 4 aromatic rings. The van der Waals surface area contributed by atoms with Gasteiger partial charge in [0.15, 0.2) is 5.43 Å². The molecule has 10 nitrogen and oxygen atoms in total. The van der Waals surface area contributed by atoms with Gasteiger partial charge in [0, 0.05) is 24.2 Å². The van der Waals surface area contributed by atoms with Crippen LogP contribution in [0.4, 0.5) is 11.4 Å². The molecule has 4 saturated carbocycles. The summed E-state index contributed by atoms with van der Waals surface area (Å²) in [5.74, 6) is 1.36. The van der Waals surface area contributed by atoms with Crippen molar-refractivity contribution in [2.75, 3.05) is 11.9 Å². The summed E-state index contributed by atoms with van der Waals surface area (Å²) < 4.78 is 33.6. The van der Waals surface area contributed by atoms with Gasteiger partial charge in [0.1, 0.15) is 11.3 Å². The van der Waals surface area contributed by atoms with Gasteiger partial charge in [-0.25, -0.2) is 13.1 Å². The minimum Gasteiger partial charge on any atom is -0.464 e. The molecule has 4 aliphatic carbocycles. The maximum atomic E-state index is 13.1.